The Kier molecular flexibility index (Phi) is 4.60. The van der Waals surface area contributed by atoms with Crippen LogP contribution in [0.2, 0.25) is 0 Å². The third kappa shape index (κ3) is 3.21. The van der Waals surface area contributed by atoms with Crippen LogP contribution in [-0.2, 0) is 11.3 Å². The van der Waals surface area contributed by atoms with Crippen molar-refractivity contribution < 1.29 is 4.79 Å². The molecule has 0 unspecified atom stereocenters. The molecule has 0 atom stereocenters. The van der Waals surface area contributed by atoms with Gasteiger partial charge in [-0.15, -0.1) is 0 Å². The molecule has 0 bridgehead atoms. The number of nitrogens with zero attached hydrogens (tertiary/aromatic N) is 4. The first-order valence-corrected chi connectivity index (χ1v) is 11.1. The minimum absolute atomic E-state index is 0.130. The summed E-state index contributed by atoms with van der Waals surface area (Å²) in [5, 5.41) is 4.05. The summed E-state index contributed by atoms with van der Waals surface area (Å²) in [5.74, 6) is -0.267. The van der Waals surface area contributed by atoms with Crippen LogP contribution in [0.5, 0.6) is 0 Å². The highest BCUT2D eigenvalue weighted by Gasteiger charge is 2.34. The number of hydrogen-bond donors (Lipinski definition) is 0. The molecule has 2 aromatic carbocycles. The summed E-state index contributed by atoms with van der Waals surface area (Å²) in [6, 6.07) is 13.5. The Morgan fingerprint density at radius 1 is 1.03 bits per heavy atom. The average molecular weight is 495 g/mol. The quantitative estimate of drug-likeness (QED) is 0.427. The summed E-state index contributed by atoms with van der Waals surface area (Å²) < 4.78 is 2.11. The van der Waals surface area contributed by atoms with E-state index in [0.29, 0.717) is 17.7 Å². The molecule has 0 saturated carbocycles. The van der Waals surface area contributed by atoms with E-state index in [2.05, 4.69) is 26.0 Å². The number of halogens is 1. The Morgan fingerprint density at radius 3 is 2.52 bits per heavy atom. The standard InChI is InChI=1S/C22H15BrN4O3S/c1-11-3-5-13(6-4-11)10-26-16-8-7-14(23)9-15(16)17(20(26)29)18-21(30)27-22(31-18)24-19(28)12(2)25-27/h3-9H,10H2,1-2H3. The van der Waals surface area contributed by atoms with Crippen molar-refractivity contribution in [2.24, 2.45) is 0 Å². The minimum Gasteiger partial charge on any atom is -0.303 e. The van der Waals surface area contributed by atoms with Crippen molar-refractivity contribution in [1.29, 1.82) is 0 Å². The van der Waals surface area contributed by atoms with E-state index in [0.717, 1.165) is 37.1 Å². The molecule has 2 aromatic heterocycles. The third-order valence-corrected chi connectivity index (χ3v) is 6.71. The normalized spacial score (nSPS) is 15.1. The van der Waals surface area contributed by atoms with E-state index in [4.69, 9.17) is 0 Å². The minimum atomic E-state index is -0.486. The van der Waals surface area contributed by atoms with Crippen LogP contribution < -0.4 is 20.6 Å². The zero-order valence-corrected chi connectivity index (χ0v) is 19.0. The molecule has 1 aliphatic rings. The highest BCUT2D eigenvalue weighted by atomic mass is 79.9. The lowest BCUT2D eigenvalue weighted by atomic mass is 10.1. The van der Waals surface area contributed by atoms with E-state index in [9.17, 15) is 14.4 Å². The van der Waals surface area contributed by atoms with E-state index in [1.54, 1.807) is 4.90 Å². The molecule has 154 valence electrons. The maximum atomic E-state index is 13.5. The van der Waals surface area contributed by atoms with Gasteiger partial charge in [-0.25, -0.2) is 0 Å². The lowest BCUT2D eigenvalue weighted by Crippen LogP contribution is -2.33. The fourth-order valence-electron chi connectivity index (χ4n) is 3.59. The van der Waals surface area contributed by atoms with Gasteiger partial charge in [-0.1, -0.05) is 57.1 Å². The summed E-state index contributed by atoms with van der Waals surface area (Å²) in [4.78, 5) is 44.3. The molecule has 9 heteroatoms. The lowest BCUT2D eigenvalue weighted by Gasteiger charge is -2.17. The number of benzene rings is 2. The van der Waals surface area contributed by atoms with Crippen molar-refractivity contribution in [2.45, 2.75) is 20.4 Å². The molecule has 1 aliphatic heterocycles. The van der Waals surface area contributed by atoms with Gasteiger partial charge in [0.05, 0.1) is 17.8 Å². The number of anilines is 1. The molecule has 0 spiro atoms. The summed E-state index contributed by atoms with van der Waals surface area (Å²) in [6.45, 7) is 3.89. The Bertz CT molecular complexity index is 1560. The van der Waals surface area contributed by atoms with Crippen LogP contribution in [0.25, 0.3) is 10.5 Å². The largest absolute Gasteiger partial charge is 0.303 e. The molecule has 0 fully saturated rings. The van der Waals surface area contributed by atoms with Gasteiger partial charge in [-0.3, -0.25) is 14.4 Å². The Morgan fingerprint density at radius 2 is 1.77 bits per heavy atom. The first-order valence-electron chi connectivity index (χ1n) is 9.45. The van der Waals surface area contributed by atoms with Crippen molar-refractivity contribution in [3.8, 4) is 0 Å². The smallest absolute Gasteiger partial charge is 0.295 e. The second-order valence-electron chi connectivity index (χ2n) is 7.35. The third-order valence-electron chi connectivity index (χ3n) is 5.18. The number of thiazole rings is 1. The maximum absolute atomic E-state index is 13.5. The monoisotopic (exact) mass is 494 g/mol. The lowest BCUT2D eigenvalue weighted by molar-refractivity contribution is -0.113. The molecule has 0 saturated heterocycles. The number of aromatic nitrogens is 3. The van der Waals surface area contributed by atoms with Crippen molar-refractivity contribution >= 4 is 49.4 Å². The zero-order chi connectivity index (χ0) is 21.9. The molecular formula is C22H15BrN4O3S. The van der Waals surface area contributed by atoms with Gasteiger partial charge in [-0.2, -0.15) is 14.6 Å². The van der Waals surface area contributed by atoms with Crippen LogP contribution in [0.1, 0.15) is 22.4 Å². The van der Waals surface area contributed by atoms with Crippen LogP contribution in [0, 0.1) is 13.8 Å². The maximum Gasteiger partial charge on any atom is 0.295 e. The molecule has 5 rings (SSSR count). The topological polar surface area (TPSA) is 84.6 Å². The number of carbonyl (C=O) groups is 1. The average Bonchev–Trinajstić information content (AvgIpc) is 3.17. The van der Waals surface area contributed by atoms with Gasteiger partial charge >= 0.3 is 0 Å². The predicted molar refractivity (Wildman–Crippen MR) is 122 cm³/mol. The van der Waals surface area contributed by atoms with E-state index in [1.165, 1.54) is 6.92 Å². The number of carbonyl (C=O) groups excluding carboxylic acids is 1. The molecule has 1 amide bonds. The van der Waals surface area contributed by atoms with E-state index >= 15 is 0 Å². The Hall–Kier alpha value is -3.17. The summed E-state index contributed by atoms with van der Waals surface area (Å²) in [6.07, 6.45) is 0. The highest BCUT2D eigenvalue weighted by molar-refractivity contribution is 9.10. The number of rotatable bonds is 2. The fourth-order valence-corrected chi connectivity index (χ4v) is 4.95. The number of hydrogen-bond acceptors (Lipinski definition) is 6. The van der Waals surface area contributed by atoms with Gasteiger partial charge in [0.15, 0.2) is 0 Å². The van der Waals surface area contributed by atoms with Gasteiger partial charge in [0.1, 0.15) is 10.2 Å². The first kappa shape index (κ1) is 19.8. The highest BCUT2D eigenvalue weighted by Crippen LogP contribution is 2.38. The Balaban J connectivity index is 1.76. The molecule has 3 heterocycles. The number of fused-ring (bicyclic) bond motifs is 2. The summed E-state index contributed by atoms with van der Waals surface area (Å²) in [5.41, 5.74) is 3.00. The zero-order valence-electron chi connectivity index (χ0n) is 16.5. The van der Waals surface area contributed by atoms with E-state index < -0.39 is 11.1 Å². The van der Waals surface area contributed by atoms with Gasteiger partial charge in [0, 0.05) is 10.0 Å². The number of amides is 1. The molecule has 0 radical (unpaired) electrons. The van der Waals surface area contributed by atoms with Crippen LogP contribution in [-0.4, -0.2) is 20.5 Å². The Labute approximate surface area is 188 Å². The first-order chi connectivity index (χ1) is 14.8. The van der Waals surface area contributed by atoms with Gasteiger partial charge in [0.2, 0.25) is 4.96 Å². The molecule has 7 nitrogen and oxygen atoms in total. The van der Waals surface area contributed by atoms with Crippen molar-refractivity contribution in [3.05, 3.63) is 94.6 Å². The van der Waals surface area contributed by atoms with E-state index in [1.807, 2.05) is 49.4 Å². The second-order valence-corrected chi connectivity index (χ2v) is 9.24. The number of aryl methyl sites for hydroxylation is 2. The molecular weight excluding hydrogens is 480 g/mol. The van der Waals surface area contributed by atoms with Crippen LogP contribution in [0.15, 0.2) is 56.5 Å². The van der Waals surface area contributed by atoms with Crippen molar-refractivity contribution in [2.75, 3.05) is 4.90 Å². The molecule has 4 aromatic rings. The molecule has 31 heavy (non-hydrogen) atoms. The van der Waals surface area contributed by atoms with Crippen molar-refractivity contribution in [3.63, 3.8) is 0 Å². The SMILES string of the molecule is Cc1ccc(CN2C(=O)C(=c3sc4nc(=O)c(C)nn4c3=O)c3cc(Br)ccc32)cc1. The van der Waals surface area contributed by atoms with E-state index in [-0.39, 0.29) is 21.1 Å². The van der Waals surface area contributed by atoms with Gasteiger partial charge < -0.3 is 4.90 Å². The van der Waals surface area contributed by atoms with Crippen molar-refractivity contribution in [1.82, 2.24) is 14.6 Å². The molecule has 0 N–H and O–H groups in total. The van der Waals surface area contributed by atoms with Crippen LogP contribution in [0.4, 0.5) is 5.69 Å². The fraction of sp³-hybridized carbons (Fsp3) is 0.136. The second kappa shape index (κ2) is 7.21. The molecule has 0 aliphatic carbocycles. The van der Waals surface area contributed by atoms with Gasteiger partial charge in [0.25, 0.3) is 17.0 Å². The predicted octanol–water partition coefficient (Wildman–Crippen LogP) is 2.36. The van der Waals surface area contributed by atoms with Crippen LogP contribution in [0.3, 0.4) is 0 Å². The van der Waals surface area contributed by atoms with Crippen LogP contribution >= 0.6 is 27.3 Å². The summed E-state index contributed by atoms with van der Waals surface area (Å²) >= 11 is 4.47. The van der Waals surface area contributed by atoms with Gasteiger partial charge in [-0.05, 0) is 37.6 Å². The summed E-state index contributed by atoms with van der Waals surface area (Å²) in [7, 11) is 0.